The molecule has 0 N–H and O–H groups in total. The molecule has 2 atom stereocenters. The van der Waals surface area contributed by atoms with E-state index in [0.29, 0.717) is 17.7 Å². The molecule has 1 aliphatic heterocycles. The molecule has 0 spiro atoms. The molecule has 3 rings (SSSR count). The van der Waals surface area contributed by atoms with Crippen LogP contribution in [0.25, 0.3) is 0 Å². The zero-order chi connectivity index (χ0) is 14.7. The van der Waals surface area contributed by atoms with E-state index >= 15 is 0 Å². The summed E-state index contributed by atoms with van der Waals surface area (Å²) < 4.78 is 18.7. The van der Waals surface area contributed by atoms with Crippen LogP contribution in [0.15, 0.2) is 48.5 Å². The first-order chi connectivity index (χ1) is 10.3. The summed E-state index contributed by atoms with van der Waals surface area (Å²) in [7, 11) is 0. The molecule has 1 aliphatic rings. The maximum atomic E-state index is 13.0. The monoisotopic (exact) mass is 304 g/mol. The van der Waals surface area contributed by atoms with E-state index in [9.17, 15) is 4.39 Å². The molecule has 110 valence electrons. The van der Waals surface area contributed by atoms with Gasteiger partial charge in [0, 0.05) is 17.4 Å². The minimum atomic E-state index is -0.195. The van der Waals surface area contributed by atoms with Crippen LogP contribution in [-0.4, -0.2) is 12.5 Å². The molecule has 0 bridgehead atoms. The van der Waals surface area contributed by atoms with Crippen molar-refractivity contribution in [1.29, 1.82) is 0 Å². The first kappa shape index (κ1) is 14.4. The number of hydrogen-bond acceptors (Lipinski definition) is 1. The molecule has 2 aromatic carbocycles. The summed E-state index contributed by atoms with van der Waals surface area (Å²) in [6, 6.07) is 14.9. The first-order valence-corrected chi connectivity index (χ1v) is 7.82. The fourth-order valence-corrected chi connectivity index (χ4v) is 3.22. The number of rotatable bonds is 5. The second kappa shape index (κ2) is 6.48. The van der Waals surface area contributed by atoms with Gasteiger partial charge < -0.3 is 4.74 Å². The molecular weight excluding hydrogens is 287 g/mol. The number of ether oxygens (including phenoxy) is 1. The van der Waals surface area contributed by atoms with Crippen LogP contribution in [0.3, 0.4) is 0 Å². The van der Waals surface area contributed by atoms with E-state index in [1.807, 2.05) is 24.3 Å². The summed E-state index contributed by atoms with van der Waals surface area (Å²) in [5, 5.41) is 0. The standard InChI is InChI=1S/C18H18ClFO/c19-11-14(9-13-5-7-16(20)8-6-13)10-15-12-21-18-4-2-1-3-17(15)18/h1-8,14-15H,9-12H2. The molecule has 0 radical (unpaired) electrons. The van der Waals surface area contributed by atoms with Crippen LogP contribution in [0.2, 0.25) is 0 Å². The van der Waals surface area contributed by atoms with Crippen LogP contribution in [0, 0.1) is 11.7 Å². The predicted octanol–water partition coefficient (Wildman–Crippen LogP) is 4.79. The quantitative estimate of drug-likeness (QED) is 0.722. The van der Waals surface area contributed by atoms with Gasteiger partial charge in [-0.25, -0.2) is 4.39 Å². The molecule has 2 unspecified atom stereocenters. The molecule has 21 heavy (non-hydrogen) atoms. The lowest BCUT2D eigenvalue weighted by molar-refractivity contribution is 0.310. The zero-order valence-electron chi connectivity index (χ0n) is 11.8. The molecule has 0 aromatic heterocycles. The minimum absolute atomic E-state index is 0.195. The van der Waals surface area contributed by atoms with Gasteiger partial charge in [-0.1, -0.05) is 30.3 Å². The smallest absolute Gasteiger partial charge is 0.123 e. The number of benzene rings is 2. The SMILES string of the molecule is Fc1ccc(CC(CCl)CC2COc3ccccc32)cc1. The van der Waals surface area contributed by atoms with Gasteiger partial charge in [0.25, 0.3) is 0 Å². The molecular formula is C18H18ClFO. The maximum Gasteiger partial charge on any atom is 0.123 e. The van der Waals surface area contributed by atoms with Crippen molar-refractivity contribution in [2.24, 2.45) is 5.92 Å². The van der Waals surface area contributed by atoms with E-state index in [-0.39, 0.29) is 5.82 Å². The summed E-state index contributed by atoms with van der Waals surface area (Å²) in [5.41, 5.74) is 2.42. The third-order valence-electron chi connectivity index (χ3n) is 4.07. The molecule has 2 aromatic rings. The number of hydrogen-bond donors (Lipinski definition) is 0. The molecule has 0 saturated heterocycles. The van der Waals surface area contributed by atoms with Crippen molar-refractivity contribution in [1.82, 2.24) is 0 Å². The molecule has 0 aliphatic carbocycles. The lowest BCUT2D eigenvalue weighted by Crippen LogP contribution is -2.13. The van der Waals surface area contributed by atoms with Crippen LogP contribution in [0.4, 0.5) is 4.39 Å². The number of alkyl halides is 1. The Kier molecular flexibility index (Phi) is 4.45. The van der Waals surface area contributed by atoms with E-state index in [1.165, 1.54) is 17.7 Å². The fourth-order valence-electron chi connectivity index (χ4n) is 2.98. The Morgan fingerprint density at radius 1 is 1.14 bits per heavy atom. The first-order valence-electron chi connectivity index (χ1n) is 7.28. The number of para-hydroxylation sites is 1. The van der Waals surface area contributed by atoms with E-state index in [0.717, 1.165) is 30.8 Å². The van der Waals surface area contributed by atoms with Gasteiger partial charge in [-0.2, -0.15) is 0 Å². The van der Waals surface area contributed by atoms with Gasteiger partial charge in [0.2, 0.25) is 0 Å². The van der Waals surface area contributed by atoms with Gasteiger partial charge in [0.15, 0.2) is 0 Å². The van der Waals surface area contributed by atoms with Crippen molar-refractivity contribution >= 4 is 11.6 Å². The molecule has 0 fully saturated rings. The molecule has 3 heteroatoms. The highest BCUT2D eigenvalue weighted by atomic mass is 35.5. The number of fused-ring (bicyclic) bond motifs is 1. The third kappa shape index (κ3) is 3.38. The second-order valence-corrected chi connectivity index (χ2v) is 5.94. The maximum absolute atomic E-state index is 13.0. The Hall–Kier alpha value is -1.54. The molecule has 1 nitrogen and oxygen atoms in total. The largest absolute Gasteiger partial charge is 0.493 e. The van der Waals surface area contributed by atoms with Crippen molar-refractivity contribution in [2.45, 2.75) is 18.8 Å². The second-order valence-electron chi connectivity index (χ2n) is 5.63. The van der Waals surface area contributed by atoms with E-state index in [1.54, 1.807) is 0 Å². The zero-order valence-corrected chi connectivity index (χ0v) is 12.5. The Bertz CT molecular complexity index is 596. The van der Waals surface area contributed by atoms with Crippen LogP contribution < -0.4 is 4.74 Å². The summed E-state index contributed by atoms with van der Waals surface area (Å²) >= 11 is 6.14. The van der Waals surface area contributed by atoms with E-state index in [4.69, 9.17) is 16.3 Å². The Morgan fingerprint density at radius 3 is 2.67 bits per heavy atom. The highest BCUT2D eigenvalue weighted by Crippen LogP contribution is 2.38. The topological polar surface area (TPSA) is 9.23 Å². The van der Waals surface area contributed by atoms with Gasteiger partial charge in [-0.3, -0.25) is 0 Å². The van der Waals surface area contributed by atoms with Gasteiger partial charge in [0.05, 0.1) is 6.61 Å². The lowest BCUT2D eigenvalue weighted by atomic mass is 9.87. The van der Waals surface area contributed by atoms with Crippen molar-refractivity contribution in [3.05, 3.63) is 65.5 Å². The third-order valence-corrected chi connectivity index (χ3v) is 4.51. The lowest BCUT2D eigenvalue weighted by Gasteiger charge is -2.18. The van der Waals surface area contributed by atoms with Gasteiger partial charge in [0.1, 0.15) is 11.6 Å². The minimum Gasteiger partial charge on any atom is -0.493 e. The van der Waals surface area contributed by atoms with E-state index in [2.05, 4.69) is 12.1 Å². The summed E-state index contributed by atoms with van der Waals surface area (Å²) in [5.74, 6) is 2.19. The van der Waals surface area contributed by atoms with Crippen LogP contribution in [0.5, 0.6) is 5.75 Å². The van der Waals surface area contributed by atoms with Crippen molar-refractivity contribution in [3.63, 3.8) is 0 Å². The fraction of sp³-hybridized carbons (Fsp3) is 0.333. The number of halogens is 2. The molecule has 1 heterocycles. The van der Waals surface area contributed by atoms with Crippen LogP contribution >= 0.6 is 11.6 Å². The van der Waals surface area contributed by atoms with Crippen molar-refractivity contribution in [2.75, 3.05) is 12.5 Å². The summed E-state index contributed by atoms with van der Waals surface area (Å²) in [6.07, 6.45) is 1.88. The summed E-state index contributed by atoms with van der Waals surface area (Å²) in [4.78, 5) is 0. The molecule has 0 saturated carbocycles. The normalized spacial score (nSPS) is 18.1. The molecule has 0 amide bonds. The van der Waals surface area contributed by atoms with E-state index < -0.39 is 0 Å². The predicted molar refractivity (Wildman–Crippen MR) is 83.6 cm³/mol. The van der Waals surface area contributed by atoms with Crippen molar-refractivity contribution in [3.8, 4) is 5.75 Å². The summed E-state index contributed by atoms with van der Waals surface area (Å²) in [6.45, 7) is 0.732. The highest BCUT2D eigenvalue weighted by Gasteiger charge is 2.26. The van der Waals surface area contributed by atoms with Crippen LogP contribution in [0.1, 0.15) is 23.5 Å². The van der Waals surface area contributed by atoms with Crippen molar-refractivity contribution < 1.29 is 9.13 Å². The highest BCUT2D eigenvalue weighted by molar-refractivity contribution is 6.18. The van der Waals surface area contributed by atoms with Gasteiger partial charge >= 0.3 is 0 Å². The average molecular weight is 305 g/mol. The average Bonchev–Trinajstić information content (AvgIpc) is 2.92. The van der Waals surface area contributed by atoms with Gasteiger partial charge in [-0.05, 0) is 42.5 Å². The van der Waals surface area contributed by atoms with Crippen LogP contribution in [-0.2, 0) is 6.42 Å². The Labute approximate surface area is 129 Å². The van der Waals surface area contributed by atoms with Gasteiger partial charge in [-0.15, -0.1) is 11.6 Å². The Morgan fingerprint density at radius 2 is 1.90 bits per heavy atom. The Balaban J connectivity index is 1.67.